The summed E-state index contributed by atoms with van der Waals surface area (Å²) >= 11 is 1.61. The van der Waals surface area contributed by atoms with Crippen molar-refractivity contribution in [1.29, 1.82) is 0 Å². The van der Waals surface area contributed by atoms with Gasteiger partial charge in [0.15, 0.2) is 0 Å². The molecule has 3 aromatic rings. The van der Waals surface area contributed by atoms with Crippen molar-refractivity contribution < 1.29 is 4.79 Å². The van der Waals surface area contributed by atoms with Crippen molar-refractivity contribution in [3.8, 4) is 0 Å². The van der Waals surface area contributed by atoms with Crippen molar-refractivity contribution in [3.63, 3.8) is 0 Å². The molecular weight excluding hydrogens is 360 g/mol. The molecule has 0 saturated carbocycles. The molecule has 0 spiro atoms. The first-order valence-electron chi connectivity index (χ1n) is 9.04. The number of aromatic nitrogens is 2. The molecule has 2 aromatic heterocycles. The first-order valence-corrected chi connectivity index (χ1v) is 9.86. The largest absolute Gasteiger partial charge is 0.286 e. The average molecular weight is 380 g/mol. The van der Waals surface area contributed by atoms with E-state index in [0.717, 1.165) is 41.6 Å². The number of rotatable bonds is 4. The van der Waals surface area contributed by atoms with E-state index in [0.29, 0.717) is 5.39 Å². The smallest absolute Gasteiger partial charge is 0.263 e. The van der Waals surface area contributed by atoms with E-state index in [1.54, 1.807) is 24.5 Å². The van der Waals surface area contributed by atoms with Gasteiger partial charge in [0.1, 0.15) is 10.9 Å². The molecule has 1 aliphatic carbocycles. The Morgan fingerprint density at radius 3 is 2.89 bits per heavy atom. The number of amides is 1. The molecule has 1 aromatic carbocycles. The predicted molar refractivity (Wildman–Crippen MR) is 107 cm³/mol. The highest BCUT2D eigenvalue weighted by molar-refractivity contribution is 7.18. The summed E-state index contributed by atoms with van der Waals surface area (Å²) in [6.45, 7) is 1.68. The number of hydrogen-bond donors (Lipinski definition) is 1. The molecule has 1 atom stereocenters. The van der Waals surface area contributed by atoms with Crippen molar-refractivity contribution in [1.82, 2.24) is 15.0 Å². The molecule has 0 aliphatic heterocycles. The molecule has 0 fully saturated rings. The van der Waals surface area contributed by atoms with Gasteiger partial charge >= 0.3 is 0 Å². The highest BCUT2D eigenvalue weighted by Gasteiger charge is 2.23. The average Bonchev–Trinajstić information content (AvgIpc) is 3.08. The third-order valence-electron chi connectivity index (χ3n) is 4.89. The van der Waals surface area contributed by atoms with Crippen LogP contribution in [-0.2, 0) is 17.6 Å². The van der Waals surface area contributed by atoms with Crippen LogP contribution in [0, 0.1) is 0 Å². The third-order valence-corrected chi connectivity index (χ3v) is 6.08. The minimum Gasteiger partial charge on any atom is -0.286 e. The number of carbonyl (C=O) groups excluding carboxylic acids is 1. The van der Waals surface area contributed by atoms with Gasteiger partial charge in [-0.25, -0.2) is 10.4 Å². The van der Waals surface area contributed by atoms with Crippen molar-refractivity contribution in [3.05, 3.63) is 63.0 Å². The number of fused-ring (bicyclic) bond motifs is 3. The van der Waals surface area contributed by atoms with E-state index < -0.39 is 6.04 Å². The molecule has 1 unspecified atom stereocenters. The van der Waals surface area contributed by atoms with Gasteiger partial charge in [0, 0.05) is 4.88 Å². The highest BCUT2D eigenvalue weighted by atomic mass is 32.1. The first kappa shape index (κ1) is 17.6. The molecule has 2 heterocycles. The lowest BCUT2D eigenvalue weighted by Gasteiger charge is -2.14. The van der Waals surface area contributed by atoms with Crippen LogP contribution in [0.15, 0.2) is 46.6 Å². The van der Waals surface area contributed by atoms with Gasteiger partial charge in [-0.05, 0) is 43.7 Å². The maximum Gasteiger partial charge on any atom is 0.263 e. The fourth-order valence-electron chi connectivity index (χ4n) is 3.36. The number of benzene rings is 1. The lowest BCUT2D eigenvalue weighted by Crippen LogP contribution is -2.34. The molecule has 27 heavy (non-hydrogen) atoms. The second-order valence-electron chi connectivity index (χ2n) is 6.67. The van der Waals surface area contributed by atoms with Crippen LogP contribution in [0.2, 0.25) is 0 Å². The van der Waals surface area contributed by atoms with Gasteiger partial charge in [-0.15, -0.1) is 11.3 Å². The minimum atomic E-state index is -0.693. The van der Waals surface area contributed by atoms with E-state index in [2.05, 4.69) is 15.5 Å². The number of hydrogen-bond acceptors (Lipinski definition) is 5. The van der Waals surface area contributed by atoms with Gasteiger partial charge < -0.3 is 0 Å². The van der Waals surface area contributed by atoms with E-state index >= 15 is 0 Å². The van der Waals surface area contributed by atoms with Crippen molar-refractivity contribution in [2.45, 2.75) is 38.6 Å². The molecule has 7 heteroatoms. The van der Waals surface area contributed by atoms with Gasteiger partial charge in [-0.3, -0.25) is 14.2 Å². The van der Waals surface area contributed by atoms with Crippen LogP contribution in [-0.4, -0.2) is 21.7 Å². The van der Waals surface area contributed by atoms with Crippen LogP contribution < -0.4 is 11.0 Å². The molecule has 0 saturated heterocycles. The number of thiophene rings is 1. The molecule has 4 rings (SSSR count). The standard InChI is InChI=1S/C20H20N4O2S/c1-13(18(25)23-22-11-14-7-3-2-4-8-14)24-12-21-19-17(20(24)26)15-9-5-6-10-16(15)27-19/h2-4,7-8,11-13H,5-6,9-10H2,1H3,(H,23,25)/b22-11+. The first-order chi connectivity index (χ1) is 13.1. The molecule has 1 aliphatic rings. The lowest BCUT2D eigenvalue weighted by atomic mass is 9.97. The van der Waals surface area contributed by atoms with Gasteiger partial charge in [0.05, 0.1) is 17.9 Å². The van der Waals surface area contributed by atoms with Crippen LogP contribution in [0.3, 0.4) is 0 Å². The zero-order chi connectivity index (χ0) is 18.8. The monoisotopic (exact) mass is 380 g/mol. The molecule has 1 amide bonds. The molecule has 6 nitrogen and oxygen atoms in total. The van der Waals surface area contributed by atoms with E-state index in [-0.39, 0.29) is 11.5 Å². The SMILES string of the molecule is CC(C(=O)N/N=C/c1ccccc1)n1cnc2sc3c(c2c1=O)CCCC3. The van der Waals surface area contributed by atoms with Crippen molar-refractivity contribution >= 4 is 33.7 Å². The topological polar surface area (TPSA) is 76.3 Å². The molecule has 0 bridgehead atoms. The fourth-order valence-corrected chi connectivity index (χ4v) is 4.58. The Hall–Kier alpha value is -2.80. The minimum absolute atomic E-state index is 0.144. The van der Waals surface area contributed by atoms with Crippen LogP contribution in [0.5, 0.6) is 0 Å². The Labute approximate surface area is 160 Å². The van der Waals surface area contributed by atoms with Gasteiger partial charge in [0.2, 0.25) is 0 Å². The number of carbonyl (C=O) groups is 1. The normalized spacial score (nSPS) is 15.0. The van der Waals surface area contributed by atoms with Gasteiger partial charge in [-0.1, -0.05) is 30.3 Å². The van der Waals surface area contributed by atoms with Crippen molar-refractivity contribution in [2.24, 2.45) is 5.10 Å². The van der Waals surface area contributed by atoms with Crippen LogP contribution in [0.4, 0.5) is 0 Å². The lowest BCUT2D eigenvalue weighted by molar-refractivity contribution is -0.123. The zero-order valence-corrected chi connectivity index (χ0v) is 15.8. The highest BCUT2D eigenvalue weighted by Crippen LogP contribution is 2.33. The van der Waals surface area contributed by atoms with E-state index in [9.17, 15) is 9.59 Å². The quantitative estimate of drug-likeness (QED) is 0.558. The predicted octanol–water partition coefficient (Wildman–Crippen LogP) is 3.05. The van der Waals surface area contributed by atoms with E-state index in [1.165, 1.54) is 15.8 Å². The maximum absolute atomic E-state index is 13.0. The Morgan fingerprint density at radius 1 is 1.30 bits per heavy atom. The van der Waals surface area contributed by atoms with Gasteiger partial charge in [-0.2, -0.15) is 5.10 Å². The van der Waals surface area contributed by atoms with Crippen LogP contribution in [0.25, 0.3) is 10.2 Å². The molecular formula is C20H20N4O2S. The molecule has 0 radical (unpaired) electrons. The Kier molecular flexibility index (Phi) is 4.85. The van der Waals surface area contributed by atoms with Crippen molar-refractivity contribution in [2.75, 3.05) is 0 Å². The number of aryl methyl sites for hydroxylation is 2. The summed E-state index contributed by atoms with van der Waals surface area (Å²) in [5.41, 5.74) is 4.37. The summed E-state index contributed by atoms with van der Waals surface area (Å²) in [5, 5.41) is 4.67. The Bertz CT molecular complexity index is 1070. The van der Waals surface area contributed by atoms with Crippen LogP contribution >= 0.6 is 11.3 Å². The van der Waals surface area contributed by atoms with Gasteiger partial charge in [0.25, 0.3) is 11.5 Å². The second-order valence-corrected chi connectivity index (χ2v) is 7.75. The summed E-state index contributed by atoms with van der Waals surface area (Å²) in [6.07, 6.45) is 7.23. The molecule has 138 valence electrons. The third kappa shape index (κ3) is 3.42. The summed E-state index contributed by atoms with van der Waals surface area (Å²) in [4.78, 5) is 31.9. The maximum atomic E-state index is 13.0. The summed E-state index contributed by atoms with van der Waals surface area (Å²) in [7, 11) is 0. The zero-order valence-electron chi connectivity index (χ0n) is 15.0. The molecule has 1 N–H and O–H groups in total. The number of hydrazone groups is 1. The Balaban J connectivity index is 1.58. The number of nitrogens with one attached hydrogen (secondary N) is 1. The second kappa shape index (κ2) is 7.44. The van der Waals surface area contributed by atoms with Crippen LogP contribution in [0.1, 0.15) is 41.8 Å². The Morgan fingerprint density at radius 2 is 2.07 bits per heavy atom. The van der Waals surface area contributed by atoms with E-state index in [4.69, 9.17) is 0 Å². The fraction of sp³-hybridized carbons (Fsp3) is 0.300. The summed E-state index contributed by atoms with van der Waals surface area (Å²) in [6, 6.07) is 8.79. The number of nitrogens with zero attached hydrogens (tertiary/aromatic N) is 3. The summed E-state index contributed by atoms with van der Waals surface area (Å²) < 4.78 is 1.40. The van der Waals surface area contributed by atoms with E-state index in [1.807, 2.05) is 30.3 Å². The summed E-state index contributed by atoms with van der Waals surface area (Å²) in [5.74, 6) is -0.352.